The summed E-state index contributed by atoms with van der Waals surface area (Å²) in [5.74, 6) is 0.650. The number of para-hydroxylation sites is 2. The van der Waals surface area contributed by atoms with E-state index in [0.29, 0.717) is 5.82 Å². The van der Waals surface area contributed by atoms with Crippen LogP contribution in [-0.4, -0.2) is 24.1 Å². The van der Waals surface area contributed by atoms with Crippen molar-refractivity contribution in [3.05, 3.63) is 194 Å². The number of hydrogen-bond donors (Lipinski definition) is 0. The van der Waals surface area contributed by atoms with Crippen molar-refractivity contribution >= 4 is 49.8 Å². The fraction of sp³-hybridized carbons (Fsp3) is 0.0600. The molecule has 10 aromatic rings. The molecule has 0 radical (unpaired) electrons. The molecule has 0 unspecified atom stereocenters. The van der Waals surface area contributed by atoms with Crippen molar-refractivity contribution in [3.8, 4) is 33.9 Å². The molecule has 0 bridgehead atoms. The highest BCUT2D eigenvalue weighted by atomic mass is 15.1. The van der Waals surface area contributed by atoms with Crippen LogP contribution in [0, 0.1) is 0 Å². The number of fused-ring (bicyclic) bond motifs is 8. The number of benzene rings is 7. The van der Waals surface area contributed by atoms with Crippen molar-refractivity contribution in [1.82, 2.24) is 24.1 Å². The van der Waals surface area contributed by atoms with E-state index in [4.69, 9.17) is 0 Å². The molecule has 11 rings (SSSR count). The second kappa shape index (κ2) is 12.4. The van der Waals surface area contributed by atoms with Crippen LogP contribution >= 0.6 is 0 Å². The van der Waals surface area contributed by atoms with Crippen molar-refractivity contribution in [2.75, 3.05) is 4.90 Å². The standard InChI is InChI=1S/C50H36N6/c1-50(2)44-16-10-9-15-40(44)41-25-22-39(30-45(41)50)55(37-20-17-34(18-21-37)49-52-31-51-32-53-49)38-23-26-46-43(29-38)42-24-19-33-27-28-54(35-11-5-3-6-12-35)47(33)48(42)56(46)36-13-7-4-8-14-36/h3-32H,1-2H3. The molecular formula is C50H36N6. The van der Waals surface area contributed by atoms with Gasteiger partial charge in [0.25, 0.3) is 0 Å². The molecule has 0 amide bonds. The first kappa shape index (κ1) is 32.1. The van der Waals surface area contributed by atoms with Gasteiger partial charge in [0.05, 0.1) is 16.6 Å². The van der Waals surface area contributed by atoms with Gasteiger partial charge in [-0.15, -0.1) is 0 Å². The minimum atomic E-state index is -0.137. The SMILES string of the molecule is CC1(C)c2ccccc2-c2ccc(N(c3ccc(-c4ncncn4)cc3)c3ccc4c(c3)c3ccc5ccn(-c6ccccc6)c5c3n4-c3ccccc3)cc21. The van der Waals surface area contributed by atoms with E-state index in [0.717, 1.165) is 39.5 Å². The van der Waals surface area contributed by atoms with Crippen LogP contribution < -0.4 is 4.90 Å². The zero-order valence-corrected chi connectivity index (χ0v) is 31.0. The molecule has 56 heavy (non-hydrogen) atoms. The van der Waals surface area contributed by atoms with Crippen LogP contribution in [-0.2, 0) is 5.41 Å². The molecule has 0 fully saturated rings. The van der Waals surface area contributed by atoms with Gasteiger partial charge in [0.15, 0.2) is 5.82 Å². The Morgan fingerprint density at radius 3 is 1.96 bits per heavy atom. The minimum absolute atomic E-state index is 0.137. The molecule has 7 aromatic carbocycles. The van der Waals surface area contributed by atoms with Crippen LogP contribution in [0.3, 0.4) is 0 Å². The topological polar surface area (TPSA) is 51.8 Å². The van der Waals surface area contributed by atoms with Gasteiger partial charge in [0.2, 0.25) is 0 Å². The van der Waals surface area contributed by atoms with Gasteiger partial charge in [-0.05, 0) is 107 Å². The molecule has 1 aliphatic carbocycles. The lowest BCUT2D eigenvalue weighted by Crippen LogP contribution is -2.16. The number of anilines is 3. The predicted octanol–water partition coefficient (Wildman–Crippen LogP) is 12.4. The molecule has 0 N–H and O–H groups in total. The van der Waals surface area contributed by atoms with E-state index in [1.807, 2.05) is 0 Å². The third-order valence-corrected chi connectivity index (χ3v) is 11.6. The summed E-state index contributed by atoms with van der Waals surface area (Å²) >= 11 is 0. The zero-order valence-electron chi connectivity index (χ0n) is 31.0. The Morgan fingerprint density at radius 1 is 0.518 bits per heavy atom. The molecule has 1 aliphatic rings. The fourth-order valence-corrected chi connectivity index (χ4v) is 8.93. The lowest BCUT2D eigenvalue weighted by molar-refractivity contribution is 0.660. The van der Waals surface area contributed by atoms with Gasteiger partial charge in [-0.1, -0.05) is 92.7 Å². The van der Waals surface area contributed by atoms with Crippen molar-refractivity contribution in [2.45, 2.75) is 19.3 Å². The Balaban J connectivity index is 1.16. The lowest BCUT2D eigenvalue weighted by atomic mass is 9.82. The first-order valence-corrected chi connectivity index (χ1v) is 19.0. The van der Waals surface area contributed by atoms with E-state index >= 15 is 0 Å². The Labute approximate surface area is 324 Å². The Bertz CT molecular complexity index is 3090. The highest BCUT2D eigenvalue weighted by Crippen LogP contribution is 2.51. The average molecular weight is 721 g/mol. The van der Waals surface area contributed by atoms with Crippen molar-refractivity contribution in [2.24, 2.45) is 0 Å². The second-order valence-corrected chi connectivity index (χ2v) is 15.0. The number of rotatable bonds is 6. The first-order valence-electron chi connectivity index (χ1n) is 19.0. The molecule has 3 aromatic heterocycles. The summed E-state index contributed by atoms with van der Waals surface area (Å²) in [6, 6.07) is 59.3. The van der Waals surface area contributed by atoms with E-state index in [1.54, 1.807) is 12.7 Å². The normalized spacial score (nSPS) is 13.0. The molecule has 0 atom stereocenters. The summed E-state index contributed by atoms with van der Waals surface area (Å²) in [5.41, 5.74) is 15.1. The van der Waals surface area contributed by atoms with E-state index in [-0.39, 0.29) is 5.41 Å². The summed E-state index contributed by atoms with van der Waals surface area (Å²) < 4.78 is 4.75. The van der Waals surface area contributed by atoms with Crippen LogP contribution in [0.15, 0.2) is 183 Å². The smallest absolute Gasteiger partial charge is 0.162 e. The Kier molecular flexibility index (Phi) is 7.10. The molecule has 6 heteroatoms. The predicted molar refractivity (Wildman–Crippen MR) is 229 cm³/mol. The molecule has 0 aliphatic heterocycles. The molecule has 0 saturated heterocycles. The second-order valence-electron chi connectivity index (χ2n) is 15.0. The van der Waals surface area contributed by atoms with Crippen LogP contribution in [0.1, 0.15) is 25.0 Å². The number of aromatic nitrogens is 5. The average Bonchev–Trinajstić information content (AvgIpc) is 3.91. The third kappa shape index (κ3) is 4.85. The molecule has 0 saturated carbocycles. The maximum Gasteiger partial charge on any atom is 0.162 e. The summed E-state index contributed by atoms with van der Waals surface area (Å²) in [6.45, 7) is 4.68. The summed E-state index contributed by atoms with van der Waals surface area (Å²) in [6.07, 6.45) is 5.27. The zero-order chi connectivity index (χ0) is 37.4. The van der Waals surface area contributed by atoms with Crippen LogP contribution in [0.2, 0.25) is 0 Å². The molecule has 3 heterocycles. The van der Waals surface area contributed by atoms with Crippen LogP contribution in [0.4, 0.5) is 17.1 Å². The van der Waals surface area contributed by atoms with Crippen molar-refractivity contribution in [3.63, 3.8) is 0 Å². The highest BCUT2D eigenvalue weighted by Gasteiger charge is 2.35. The molecular weight excluding hydrogens is 685 g/mol. The van der Waals surface area contributed by atoms with Gasteiger partial charge < -0.3 is 14.0 Å². The van der Waals surface area contributed by atoms with Crippen molar-refractivity contribution < 1.29 is 0 Å². The summed E-state index contributed by atoms with van der Waals surface area (Å²) in [5, 5.41) is 3.58. The Morgan fingerprint density at radius 2 is 1.18 bits per heavy atom. The van der Waals surface area contributed by atoms with E-state index in [1.165, 1.54) is 49.4 Å². The summed E-state index contributed by atoms with van der Waals surface area (Å²) in [7, 11) is 0. The monoisotopic (exact) mass is 720 g/mol. The van der Waals surface area contributed by atoms with E-state index in [9.17, 15) is 0 Å². The highest BCUT2D eigenvalue weighted by molar-refractivity contribution is 6.19. The first-order chi connectivity index (χ1) is 27.5. The van der Waals surface area contributed by atoms with Crippen LogP contribution in [0.5, 0.6) is 0 Å². The van der Waals surface area contributed by atoms with Gasteiger partial charge in [0.1, 0.15) is 12.7 Å². The largest absolute Gasteiger partial charge is 0.315 e. The maximum absolute atomic E-state index is 4.41. The van der Waals surface area contributed by atoms with Gasteiger partial charge >= 0.3 is 0 Å². The maximum atomic E-state index is 4.41. The number of hydrogen-bond acceptors (Lipinski definition) is 4. The van der Waals surface area contributed by atoms with Crippen molar-refractivity contribution in [1.29, 1.82) is 0 Å². The van der Waals surface area contributed by atoms with Gasteiger partial charge in [0, 0.05) is 61.8 Å². The Hall–Kier alpha value is -7.31. The van der Waals surface area contributed by atoms with E-state index < -0.39 is 0 Å². The number of nitrogens with zero attached hydrogens (tertiary/aromatic N) is 6. The van der Waals surface area contributed by atoms with Crippen LogP contribution in [0.25, 0.3) is 66.6 Å². The lowest BCUT2D eigenvalue weighted by Gasteiger charge is -2.28. The van der Waals surface area contributed by atoms with Gasteiger partial charge in [-0.3, -0.25) is 0 Å². The minimum Gasteiger partial charge on any atom is -0.315 e. The summed E-state index contributed by atoms with van der Waals surface area (Å²) in [4.78, 5) is 15.2. The quantitative estimate of drug-likeness (QED) is 0.172. The van der Waals surface area contributed by atoms with E-state index in [2.05, 4.69) is 213 Å². The third-order valence-electron chi connectivity index (χ3n) is 11.6. The van der Waals surface area contributed by atoms with Gasteiger partial charge in [-0.25, -0.2) is 15.0 Å². The van der Waals surface area contributed by atoms with Gasteiger partial charge in [-0.2, -0.15) is 0 Å². The molecule has 266 valence electrons. The molecule has 0 spiro atoms. The molecule has 6 nitrogen and oxygen atoms in total. The fourth-order valence-electron chi connectivity index (χ4n) is 8.93.